The van der Waals surface area contributed by atoms with Crippen molar-refractivity contribution in [3.8, 4) is 0 Å². The van der Waals surface area contributed by atoms with E-state index in [1.165, 1.54) is 18.2 Å². The van der Waals surface area contributed by atoms with Gasteiger partial charge in [0.1, 0.15) is 5.82 Å². The lowest BCUT2D eigenvalue weighted by Gasteiger charge is -2.22. The van der Waals surface area contributed by atoms with Gasteiger partial charge in [-0.3, -0.25) is 14.4 Å². The molecule has 3 saturated heterocycles. The molecule has 3 aliphatic heterocycles. The standard InChI is InChI=1S/C19H23FN4O3/c1-19-10-21-8-12(19)9-23(11-19)18(27)17(26)22-15-7-13(4-5-14(15)20)24-6-2-3-16(24)25/h4-5,7,12,21H,2-3,6,8-11H2,1H3,(H,22,26). The first kappa shape index (κ1) is 17.9. The molecule has 3 amide bonds. The predicted molar refractivity (Wildman–Crippen MR) is 97.7 cm³/mol. The molecular weight excluding hydrogens is 351 g/mol. The van der Waals surface area contributed by atoms with Gasteiger partial charge in [0.2, 0.25) is 5.91 Å². The molecule has 0 radical (unpaired) electrons. The number of carbonyl (C=O) groups excluding carboxylic acids is 3. The van der Waals surface area contributed by atoms with Gasteiger partial charge in [0, 0.05) is 50.2 Å². The van der Waals surface area contributed by atoms with E-state index >= 15 is 0 Å². The third-order valence-corrected chi connectivity index (χ3v) is 5.96. The molecule has 3 fully saturated rings. The molecule has 0 spiro atoms. The minimum Gasteiger partial charge on any atom is -0.333 e. The number of nitrogens with zero attached hydrogens (tertiary/aromatic N) is 2. The molecule has 27 heavy (non-hydrogen) atoms. The van der Waals surface area contributed by atoms with Gasteiger partial charge in [-0.05, 0) is 30.5 Å². The number of hydrogen-bond acceptors (Lipinski definition) is 4. The molecule has 3 aliphatic rings. The van der Waals surface area contributed by atoms with Gasteiger partial charge < -0.3 is 20.4 Å². The summed E-state index contributed by atoms with van der Waals surface area (Å²) in [6.07, 6.45) is 1.21. The topological polar surface area (TPSA) is 81.8 Å². The summed E-state index contributed by atoms with van der Waals surface area (Å²) in [5.41, 5.74) is 0.422. The van der Waals surface area contributed by atoms with E-state index in [2.05, 4.69) is 17.6 Å². The molecule has 1 aromatic rings. The second kappa shape index (κ2) is 6.60. The van der Waals surface area contributed by atoms with Gasteiger partial charge in [0.25, 0.3) is 0 Å². The zero-order chi connectivity index (χ0) is 19.2. The second-order valence-corrected chi connectivity index (χ2v) is 7.93. The van der Waals surface area contributed by atoms with Gasteiger partial charge >= 0.3 is 11.8 Å². The van der Waals surface area contributed by atoms with Gasteiger partial charge in [-0.15, -0.1) is 0 Å². The highest BCUT2D eigenvalue weighted by Gasteiger charge is 2.48. The quantitative estimate of drug-likeness (QED) is 0.756. The summed E-state index contributed by atoms with van der Waals surface area (Å²) in [4.78, 5) is 39.9. The number of fused-ring (bicyclic) bond motifs is 1. The number of rotatable bonds is 2. The fraction of sp³-hybridized carbons (Fsp3) is 0.526. The van der Waals surface area contributed by atoms with Crippen molar-refractivity contribution in [2.45, 2.75) is 19.8 Å². The van der Waals surface area contributed by atoms with Gasteiger partial charge in [-0.2, -0.15) is 0 Å². The highest BCUT2D eigenvalue weighted by atomic mass is 19.1. The average molecular weight is 374 g/mol. The van der Waals surface area contributed by atoms with Crippen molar-refractivity contribution < 1.29 is 18.8 Å². The number of anilines is 2. The SMILES string of the molecule is CC12CNCC1CN(C(=O)C(=O)Nc1cc(N3CCCC3=O)ccc1F)C2. The van der Waals surface area contributed by atoms with Crippen LogP contribution < -0.4 is 15.5 Å². The van der Waals surface area contributed by atoms with Crippen molar-refractivity contribution in [2.24, 2.45) is 11.3 Å². The minimum absolute atomic E-state index is 0.0166. The van der Waals surface area contributed by atoms with Crippen LogP contribution in [0.5, 0.6) is 0 Å². The third kappa shape index (κ3) is 3.18. The van der Waals surface area contributed by atoms with E-state index in [0.717, 1.165) is 19.5 Å². The Bertz CT molecular complexity index is 814. The maximum atomic E-state index is 14.2. The molecule has 0 aromatic heterocycles. The van der Waals surface area contributed by atoms with Crippen LogP contribution in [0.25, 0.3) is 0 Å². The van der Waals surface area contributed by atoms with Crippen LogP contribution in [0.4, 0.5) is 15.8 Å². The average Bonchev–Trinajstić information content (AvgIpc) is 3.29. The van der Waals surface area contributed by atoms with Crippen molar-refractivity contribution in [3.05, 3.63) is 24.0 Å². The van der Waals surface area contributed by atoms with E-state index in [4.69, 9.17) is 0 Å². The summed E-state index contributed by atoms with van der Waals surface area (Å²) < 4.78 is 14.2. The lowest BCUT2D eigenvalue weighted by molar-refractivity contribution is -0.142. The first-order chi connectivity index (χ1) is 12.9. The molecule has 0 saturated carbocycles. The summed E-state index contributed by atoms with van der Waals surface area (Å²) in [5, 5.41) is 5.70. The van der Waals surface area contributed by atoms with Crippen LogP contribution in [0.1, 0.15) is 19.8 Å². The van der Waals surface area contributed by atoms with E-state index in [0.29, 0.717) is 37.7 Å². The number of likely N-dealkylation sites (tertiary alicyclic amines) is 1. The van der Waals surface area contributed by atoms with Crippen LogP contribution in [0.3, 0.4) is 0 Å². The van der Waals surface area contributed by atoms with Gasteiger partial charge in [0.05, 0.1) is 5.69 Å². The van der Waals surface area contributed by atoms with Crippen molar-refractivity contribution in [2.75, 3.05) is 42.9 Å². The predicted octanol–water partition coefficient (Wildman–Crippen LogP) is 0.959. The number of nitrogens with one attached hydrogen (secondary N) is 2. The molecule has 0 bridgehead atoms. The summed E-state index contributed by atoms with van der Waals surface area (Å²) in [6.45, 7) is 5.38. The van der Waals surface area contributed by atoms with E-state index < -0.39 is 17.6 Å². The molecule has 8 heteroatoms. The molecule has 3 heterocycles. The summed E-state index contributed by atoms with van der Waals surface area (Å²) in [5.74, 6) is -1.83. The molecule has 0 aliphatic carbocycles. The number of halogens is 1. The molecule has 1 aromatic carbocycles. The molecule has 2 atom stereocenters. The Hall–Kier alpha value is -2.48. The maximum Gasteiger partial charge on any atom is 0.313 e. The summed E-state index contributed by atoms with van der Waals surface area (Å²) in [7, 11) is 0. The van der Waals surface area contributed by atoms with E-state index in [1.54, 1.807) is 9.80 Å². The van der Waals surface area contributed by atoms with E-state index in [1.807, 2.05) is 0 Å². The molecule has 4 rings (SSSR count). The Morgan fingerprint density at radius 1 is 1.37 bits per heavy atom. The van der Waals surface area contributed by atoms with Crippen LogP contribution in [0, 0.1) is 17.2 Å². The number of hydrogen-bond donors (Lipinski definition) is 2. The van der Waals surface area contributed by atoms with E-state index in [9.17, 15) is 18.8 Å². The number of benzene rings is 1. The smallest absolute Gasteiger partial charge is 0.313 e. The summed E-state index contributed by atoms with van der Waals surface area (Å²) in [6, 6.07) is 4.12. The van der Waals surface area contributed by atoms with Crippen LogP contribution >= 0.6 is 0 Å². The fourth-order valence-electron chi connectivity index (χ4n) is 4.33. The van der Waals surface area contributed by atoms with Crippen LogP contribution in [0.2, 0.25) is 0 Å². The highest BCUT2D eigenvalue weighted by Crippen LogP contribution is 2.38. The number of carbonyl (C=O) groups is 3. The first-order valence-corrected chi connectivity index (χ1v) is 9.28. The van der Waals surface area contributed by atoms with Gasteiger partial charge in [0.15, 0.2) is 0 Å². The maximum absolute atomic E-state index is 14.2. The molecular formula is C19H23FN4O3. The van der Waals surface area contributed by atoms with E-state index in [-0.39, 0.29) is 17.0 Å². The Morgan fingerprint density at radius 2 is 2.19 bits per heavy atom. The van der Waals surface area contributed by atoms with Crippen molar-refractivity contribution >= 4 is 29.1 Å². The van der Waals surface area contributed by atoms with Crippen LogP contribution in [0.15, 0.2) is 18.2 Å². The zero-order valence-electron chi connectivity index (χ0n) is 15.3. The lowest BCUT2D eigenvalue weighted by Crippen LogP contribution is -2.41. The molecule has 144 valence electrons. The fourth-order valence-corrected chi connectivity index (χ4v) is 4.33. The van der Waals surface area contributed by atoms with Crippen molar-refractivity contribution in [1.82, 2.24) is 10.2 Å². The van der Waals surface area contributed by atoms with Crippen LogP contribution in [-0.2, 0) is 14.4 Å². The Balaban J connectivity index is 1.46. The highest BCUT2D eigenvalue weighted by molar-refractivity contribution is 6.39. The minimum atomic E-state index is -0.852. The Labute approximate surface area is 156 Å². The Morgan fingerprint density at radius 3 is 2.89 bits per heavy atom. The molecule has 2 unspecified atom stereocenters. The van der Waals surface area contributed by atoms with Crippen molar-refractivity contribution in [3.63, 3.8) is 0 Å². The normalized spacial score (nSPS) is 27.2. The van der Waals surface area contributed by atoms with Crippen molar-refractivity contribution in [1.29, 1.82) is 0 Å². The summed E-state index contributed by atoms with van der Waals surface area (Å²) >= 11 is 0. The number of amides is 3. The molecule has 2 N–H and O–H groups in total. The monoisotopic (exact) mass is 374 g/mol. The van der Waals surface area contributed by atoms with Gasteiger partial charge in [-0.25, -0.2) is 4.39 Å². The first-order valence-electron chi connectivity index (χ1n) is 9.28. The molecule has 7 nitrogen and oxygen atoms in total. The third-order valence-electron chi connectivity index (χ3n) is 5.96. The van der Waals surface area contributed by atoms with Gasteiger partial charge in [-0.1, -0.05) is 6.92 Å². The Kier molecular flexibility index (Phi) is 4.38. The largest absolute Gasteiger partial charge is 0.333 e. The lowest BCUT2D eigenvalue weighted by atomic mass is 9.83. The zero-order valence-corrected chi connectivity index (χ0v) is 15.3. The second-order valence-electron chi connectivity index (χ2n) is 7.93. The van der Waals surface area contributed by atoms with Crippen LogP contribution in [-0.4, -0.2) is 55.3 Å².